The summed E-state index contributed by atoms with van der Waals surface area (Å²) in [5.74, 6) is 0.0713. The molecule has 2 N–H and O–H groups in total. The van der Waals surface area contributed by atoms with Gasteiger partial charge in [-0.15, -0.1) is 0 Å². The number of nitrogens with one attached hydrogen (secondary N) is 2. The largest absolute Gasteiger partial charge is 0.494 e. The predicted molar refractivity (Wildman–Crippen MR) is 139 cm³/mol. The first-order chi connectivity index (χ1) is 16.5. The first kappa shape index (κ1) is 24.9. The summed E-state index contributed by atoms with van der Waals surface area (Å²) in [7, 11) is 1.72. The van der Waals surface area contributed by atoms with Crippen LogP contribution in [0.4, 0.5) is 5.69 Å². The van der Waals surface area contributed by atoms with E-state index in [1.807, 2.05) is 42.5 Å². The Labute approximate surface area is 205 Å². The zero-order valence-electron chi connectivity index (χ0n) is 19.4. The summed E-state index contributed by atoms with van der Waals surface area (Å²) in [5, 5.41) is 5.86. The van der Waals surface area contributed by atoms with Crippen molar-refractivity contribution in [1.82, 2.24) is 10.6 Å². The van der Waals surface area contributed by atoms with Crippen LogP contribution < -0.4 is 20.3 Å². The molecule has 176 valence electrons. The lowest BCUT2D eigenvalue weighted by molar-refractivity contribution is 0.0950. The van der Waals surface area contributed by atoms with E-state index in [4.69, 9.17) is 17.0 Å². The van der Waals surface area contributed by atoms with Crippen LogP contribution in [0.1, 0.15) is 46.0 Å². The summed E-state index contributed by atoms with van der Waals surface area (Å²) in [5.41, 5.74) is 2.50. The zero-order chi connectivity index (χ0) is 24.3. The Balaban J connectivity index is 1.66. The quantitative estimate of drug-likeness (QED) is 0.339. The van der Waals surface area contributed by atoms with Gasteiger partial charge in [-0.05, 0) is 54.5 Å². The van der Waals surface area contributed by atoms with Gasteiger partial charge in [-0.1, -0.05) is 61.9 Å². The number of amides is 2. The Morgan fingerprint density at radius 3 is 2.44 bits per heavy atom. The highest BCUT2D eigenvalue weighted by Gasteiger charge is 2.18. The molecule has 0 aliphatic rings. The number of thiocarbonyl (C=S) groups is 1. The standard InChI is InChI=1S/C27H29N3O3S/c1-3-4-17-33-22-14-10-13-21(18-22)25(31)29-27(34)30(2)24-16-9-8-15-23(24)26(32)28-19-20-11-6-5-7-12-20/h5-16,18H,3-4,17,19H2,1-2H3,(H,28,32)(H,29,31,34). The second-order valence-corrected chi connectivity index (χ2v) is 8.12. The van der Waals surface area contributed by atoms with Crippen LogP contribution in [0, 0.1) is 0 Å². The van der Waals surface area contributed by atoms with E-state index in [0.29, 0.717) is 35.7 Å². The normalized spacial score (nSPS) is 10.3. The molecule has 0 aliphatic heterocycles. The van der Waals surface area contributed by atoms with Gasteiger partial charge in [0.05, 0.1) is 17.9 Å². The van der Waals surface area contributed by atoms with Crippen LogP contribution in [-0.4, -0.2) is 30.6 Å². The predicted octanol–water partition coefficient (Wildman–Crippen LogP) is 4.95. The van der Waals surface area contributed by atoms with Crippen LogP contribution in [0.3, 0.4) is 0 Å². The highest BCUT2D eigenvalue weighted by atomic mass is 32.1. The van der Waals surface area contributed by atoms with E-state index in [1.165, 1.54) is 0 Å². The van der Waals surface area contributed by atoms with Gasteiger partial charge in [-0.2, -0.15) is 0 Å². The molecule has 0 fully saturated rings. The molecule has 2 amide bonds. The Bertz CT molecular complexity index is 1130. The lowest BCUT2D eigenvalue weighted by Crippen LogP contribution is -2.41. The topological polar surface area (TPSA) is 70.7 Å². The molecule has 3 aromatic carbocycles. The summed E-state index contributed by atoms with van der Waals surface area (Å²) >= 11 is 5.47. The Morgan fingerprint density at radius 2 is 1.68 bits per heavy atom. The highest BCUT2D eigenvalue weighted by molar-refractivity contribution is 7.80. The SMILES string of the molecule is CCCCOc1cccc(C(=O)NC(=S)N(C)c2ccccc2C(=O)NCc2ccccc2)c1. The number of carbonyl (C=O) groups excluding carboxylic acids is 2. The fourth-order valence-corrected chi connectivity index (χ4v) is 3.45. The average Bonchev–Trinajstić information content (AvgIpc) is 2.87. The van der Waals surface area contributed by atoms with Crippen molar-refractivity contribution in [2.24, 2.45) is 0 Å². The number of ether oxygens (including phenoxy) is 1. The van der Waals surface area contributed by atoms with Crippen LogP contribution in [-0.2, 0) is 6.54 Å². The van der Waals surface area contributed by atoms with Gasteiger partial charge in [0.2, 0.25) is 0 Å². The Kier molecular flexibility index (Phi) is 9.17. The minimum Gasteiger partial charge on any atom is -0.494 e. The molecular formula is C27H29N3O3S. The fourth-order valence-electron chi connectivity index (χ4n) is 3.26. The first-order valence-electron chi connectivity index (χ1n) is 11.2. The van der Waals surface area contributed by atoms with Gasteiger partial charge >= 0.3 is 0 Å². The molecule has 0 atom stereocenters. The summed E-state index contributed by atoms with van der Waals surface area (Å²) in [6.07, 6.45) is 1.98. The average molecular weight is 476 g/mol. The van der Waals surface area contributed by atoms with Crippen LogP contribution >= 0.6 is 12.2 Å². The van der Waals surface area contributed by atoms with Crippen molar-refractivity contribution in [3.05, 3.63) is 95.6 Å². The monoisotopic (exact) mass is 475 g/mol. The van der Waals surface area contributed by atoms with Crippen molar-refractivity contribution in [3.63, 3.8) is 0 Å². The number of para-hydroxylation sites is 1. The molecule has 0 saturated carbocycles. The lowest BCUT2D eigenvalue weighted by atomic mass is 10.1. The van der Waals surface area contributed by atoms with Crippen molar-refractivity contribution in [1.29, 1.82) is 0 Å². The maximum Gasteiger partial charge on any atom is 0.257 e. The summed E-state index contributed by atoms with van der Waals surface area (Å²) < 4.78 is 5.69. The molecule has 0 bridgehead atoms. The molecule has 3 rings (SSSR count). The molecule has 0 aliphatic carbocycles. The lowest BCUT2D eigenvalue weighted by Gasteiger charge is -2.23. The molecule has 0 radical (unpaired) electrons. The number of rotatable bonds is 9. The molecule has 0 heterocycles. The van der Waals surface area contributed by atoms with Crippen molar-refractivity contribution < 1.29 is 14.3 Å². The summed E-state index contributed by atoms with van der Waals surface area (Å²) in [6.45, 7) is 3.11. The molecule has 0 aromatic heterocycles. The minimum absolute atomic E-state index is 0.186. The molecule has 0 saturated heterocycles. The third kappa shape index (κ3) is 6.89. The van der Waals surface area contributed by atoms with Gasteiger partial charge in [0.25, 0.3) is 11.8 Å². The van der Waals surface area contributed by atoms with Crippen LogP contribution in [0.2, 0.25) is 0 Å². The van der Waals surface area contributed by atoms with E-state index >= 15 is 0 Å². The Morgan fingerprint density at radius 1 is 0.941 bits per heavy atom. The van der Waals surface area contributed by atoms with Gasteiger partial charge in [0, 0.05) is 19.2 Å². The molecule has 0 unspecified atom stereocenters. The van der Waals surface area contributed by atoms with E-state index < -0.39 is 0 Å². The van der Waals surface area contributed by atoms with E-state index in [9.17, 15) is 9.59 Å². The maximum absolute atomic E-state index is 12.9. The second kappa shape index (κ2) is 12.5. The zero-order valence-corrected chi connectivity index (χ0v) is 20.2. The van der Waals surface area contributed by atoms with Crippen LogP contribution in [0.5, 0.6) is 5.75 Å². The number of anilines is 1. The first-order valence-corrected chi connectivity index (χ1v) is 11.6. The number of hydrogen-bond acceptors (Lipinski definition) is 4. The van der Waals surface area contributed by atoms with Gasteiger partial charge in [0.15, 0.2) is 5.11 Å². The number of unbranched alkanes of at least 4 members (excludes halogenated alkanes) is 1. The van der Waals surface area contributed by atoms with Gasteiger partial charge in [-0.25, -0.2) is 0 Å². The smallest absolute Gasteiger partial charge is 0.257 e. The number of carbonyl (C=O) groups is 2. The van der Waals surface area contributed by atoms with Crippen LogP contribution in [0.25, 0.3) is 0 Å². The molecule has 0 spiro atoms. The molecular weight excluding hydrogens is 446 g/mol. The van der Waals surface area contributed by atoms with Crippen molar-refractivity contribution in [3.8, 4) is 5.75 Å². The van der Waals surface area contributed by atoms with Crippen molar-refractivity contribution in [2.45, 2.75) is 26.3 Å². The fraction of sp³-hybridized carbons (Fsp3) is 0.222. The number of benzene rings is 3. The van der Waals surface area contributed by atoms with Crippen molar-refractivity contribution >= 4 is 34.8 Å². The summed E-state index contributed by atoms with van der Waals surface area (Å²) in [6, 6.07) is 23.8. The third-order valence-corrected chi connectivity index (χ3v) is 5.57. The van der Waals surface area contributed by atoms with Gasteiger partial charge in [-0.3, -0.25) is 14.9 Å². The highest BCUT2D eigenvalue weighted by Crippen LogP contribution is 2.20. The van der Waals surface area contributed by atoms with E-state index in [-0.39, 0.29) is 16.9 Å². The van der Waals surface area contributed by atoms with Gasteiger partial charge in [0.1, 0.15) is 5.75 Å². The van der Waals surface area contributed by atoms with E-state index in [0.717, 1.165) is 18.4 Å². The number of hydrogen-bond donors (Lipinski definition) is 2. The molecule has 3 aromatic rings. The number of nitrogens with zero attached hydrogens (tertiary/aromatic N) is 1. The third-order valence-electron chi connectivity index (χ3n) is 5.19. The van der Waals surface area contributed by atoms with E-state index in [2.05, 4.69) is 17.6 Å². The van der Waals surface area contributed by atoms with Gasteiger partial charge < -0.3 is 15.0 Å². The molecule has 7 heteroatoms. The second-order valence-electron chi connectivity index (χ2n) is 7.73. The Hall–Kier alpha value is -3.71. The van der Waals surface area contributed by atoms with E-state index in [1.54, 1.807) is 48.3 Å². The van der Waals surface area contributed by atoms with Crippen molar-refractivity contribution in [2.75, 3.05) is 18.6 Å². The maximum atomic E-state index is 12.9. The summed E-state index contributed by atoms with van der Waals surface area (Å²) in [4.78, 5) is 27.3. The molecule has 6 nitrogen and oxygen atoms in total. The molecule has 34 heavy (non-hydrogen) atoms. The minimum atomic E-state index is -0.344. The van der Waals surface area contributed by atoms with Crippen LogP contribution in [0.15, 0.2) is 78.9 Å².